The second-order valence-corrected chi connectivity index (χ2v) is 3.15. The molecule has 0 aliphatic heterocycles. The van der Waals surface area contributed by atoms with Crippen LogP contribution in [0.3, 0.4) is 0 Å². The lowest BCUT2D eigenvalue weighted by molar-refractivity contribution is -0.141. The molecule has 16 heavy (non-hydrogen) atoms. The number of rotatable bonds is 7. The summed E-state index contributed by atoms with van der Waals surface area (Å²) in [5.74, 6) is -0.484. The zero-order valence-corrected chi connectivity index (χ0v) is 10.2. The van der Waals surface area contributed by atoms with Crippen molar-refractivity contribution in [3.05, 3.63) is 0 Å². The molecule has 94 valence electrons. The van der Waals surface area contributed by atoms with Crippen LogP contribution >= 0.6 is 0 Å². The molecule has 2 amide bonds. The van der Waals surface area contributed by atoms with Gasteiger partial charge in [0, 0.05) is 27.1 Å². The van der Waals surface area contributed by atoms with Crippen molar-refractivity contribution < 1.29 is 19.1 Å². The van der Waals surface area contributed by atoms with E-state index in [0.29, 0.717) is 13.2 Å². The van der Waals surface area contributed by atoms with Gasteiger partial charge in [-0.1, -0.05) is 0 Å². The number of carbonyl (C=O) groups is 2. The molecule has 0 aliphatic carbocycles. The average Bonchev–Trinajstić information content (AvgIpc) is 2.15. The molecule has 0 aromatic rings. The van der Waals surface area contributed by atoms with Crippen molar-refractivity contribution in [2.24, 2.45) is 0 Å². The van der Waals surface area contributed by atoms with E-state index in [1.54, 1.807) is 13.8 Å². The number of ether oxygens (including phenoxy) is 2. The van der Waals surface area contributed by atoms with Gasteiger partial charge in [0.05, 0.1) is 0 Å². The Morgan fingerprint density at radius 1 is 0.938 bits per heavy atom. The van der Waals surface area contributed by atoms with Gasteiger partial charge in [-0.15, -0.1) is 0 Å². The van der Waals surface area contributed by atoms with Crippen LogP contribution in [0.15, 0.2) is 0 Å². The lowest BCUT2D eigenvalue weighted by atomic mass is 10.4. The second kappa shape index (κ2) is 8.06. The monoisotopic (exact) mass is 232 g/mol. The molecular weight excluding hydrogens is 212 g/mol. The van der Waals surface area contributed by atoms with Crippen LogP contribution in [0.2, 0.25) is 0 Å². The molecule has 0 aromatic heterocycles. The van der Waals surface area contributed by atoms with E-state index in [9.17, 15) is 9.59 Å². The fourth-order valence-electron chi connectivity index (χ4n) is 1.17. The fourth-order valence-corrected chi connectivity index (χ4v) is 1.17. The topological polar surface area (TPSA) is 76.7 Å². The Morgan fingerprint density at radius 2 is 1.25 bits per heavy atom. The normalized spacial score (nSPS) is 14.0. The van der Waals surface area contributed by atoms with E-state index in [1.807, 2.05) is 0 Å². The van der Waals surface area contributed by atoms with E-state index in [0.717, 1.165) is 0 Å². The van der Waals surface area contributed by atoms with E-state index in [1.165, 1.54) is 13.8 Å². The molecule has 0 heterocycles. The van der Waals surface area contributed by atoms with E-state index in [-0.39, 0.29) is 11.8 Å². The van der Waals surface area contributed by atoms with Crippen LogP contribution in [0.5, 0.6) is 0 Å². The highest BCUT2D eigenvalue weighted by Gasteiger charge is 2.23. The highest BCUT2D eigenvalue weighted by Crippen LogP contribution is 1.99. The number of amides is 2. The molecule has 0 saturated heterocycles. The molecule has 6 nitrogen and oxygen atoms in total. The van der Waals surface area contributed by atoms with Crippen LogP contribution in [-0.4, -0.2) is 37.5 Å². The van der Waals surface area contributed by atoms with Gasteiger partial charge in [-0.25, -0.2) is 0 Å². The third kappa shape index (κ3) is 6.36. The lowest BCUT2D eigenvalue weighted by Crippen LogP contribution is -2.53. The molecule has 2 atom stereocenters. The third-order valence-corrected chi connectivity index (χ3v) is 1.66. The first kappa shape index (κ1) is 14.9. The van der Waals surface area contributed by atoms with E-state index in [2.05, 4.69) is 10.6 Å². The zero-order valence-electron chi connectivity index (χ0n) is 10.2. The fraction of sp³-hybridized carbons (Fsp3) is 0.800. The Labute approximate surface area is 95.7 Å². The van der Waals surface area contributed by atoms with Crippen LogP contribution < -0.4 is 10.6 Å². The Kier molecular flexibility index (Phi) is 7.49. The summed E-state index contributed by atoms with van der Waals surface area (Å²) in [4.78, 5) is 21.9. The molecule has 0 fully saturated rings. The Morgan fingerprint density at radius 3 is 1.44 bits per heavy atom. The summed E-state index contributed by atoms with van der Waals surface area (Å²) >= 11 is 0. The maximum Gasteiger partial charge on any atom is 0.218 e. The van der Waals surface area contributed by atoms with Crippen molar-refractivity contribution in [1.29, 1.82) is 0 Å². The van der Waals surface area contributed by atoms with Crippen LogP contribution in [0.1, 0.15) is 27.7 Å². The van der Waals surface area contributed by atoms with E-state index >= 15 is 0 Å². The summed E-state index contributed by atoms with van der Waals surface area (Å²) in [6, 6.07) is 0. The van der Waals surface area contributed by atoms with Crippen molar-refractivity contribution in [1.82, 2.24) is 10.6 Å². The number of hydrogen-bond donors (Lipinski definition) is 2. The van der Waals surface area contributed by atoms with Gasteiger partial charge in [-0.05, 0) is 13.8 Å². The summed E-state index contributed by atoms with van der Waals surface area (Å²) in [5, 5.41) is 5.14. The van der Waals surface area contributed by atoms with Crippen molar-refractivity contribution in [2.45, 2.75) is 40.2 Å². The van der Waals surface area contributed by atoms with Crippen molar-refractivity contribution in [3.8, 4) is 0 Å². The van der Waals surface area contributed by atoms with Crippen molar-refractivity contribution in [2.75, 3.05) is 13.2 Å². The van der Waals surface area contributed by atoms with Gasteiger partial charge in [0.25, 0.3) is 0 Å². The number of carbonyl (C=O) groups excluding carboxylic acids is 2. The first-order chi connectivity index (χ1) is 7.51. The summed E-state index contributed by atoms with van der Waals surface area (Å²) in [5.41, 5.74) is 0. The van der Waals surface area contributed by atoms with Gasteiger partial charge in [-0.3, -0.25) is 9.59 Å². The zero-order chi connectivity index (χ0) is 12.6. The van der Waals surface area contributed by atoms with Gasteiger partial charge in [0.1, 0.15) is 0 Å². The largest absolute Gasteiger partial charge is 0.354 e. The Hall–Kier alpha value is -1.14. The van der Waals surface area contributed by atoms with Crippen LogP contribution in [0.4, 0.5) is 0 Å². The van der Waals surface area contributed by atoms with Crippen LogP contribution in [0.25, 0.3) is 0 Å². The maximum absolute atomic E-state index is 11.0. The molecule has 0 unspecified atom stereocenters. The Bertz CT molecular complexity index is 209. The predicted octanol–water partition coefficient (Wildman–Crippen LogP) is -0.0162. The molecule has 0 spiro atoms. The number of hydrogen-bond acceptors (Lipinski definition) is 4. The van der Waals surface area contributed by atoms with Crippen LogP contribution in [0, 0.1) is 0 Å². The maximum atomic E-state index is 11.0. The Balaban J connectivity index is 4.49. The lowest BCUT2D eigenvalue weighted by Gasteiger charge is -2.27. The van der Waals surface area contributed by atoms with Gasteiger partial charge in [0.2, 0.25) is 11.8 Å². The molecule has 2 N–H and O–H groups in total. The van der Waals surface area contributed by atoms with Gasteiger partial charge >= 0.3 is 0 Å². The first-order valence-corrected chi connectivity index (χ1v) is 5.28. The molecule has 6 heteroatoms. The molecule has 0 radical (unpaired) electrons. The highest BCUT2D eigenvalue weighted by atomic mass is 16.6. The molecular formula is C10H20N2O4. The van der Waals surface area contributed by atoms with Gasteiger partial charge in [0.15, 0.2) is 12.5 Å². The van der Waals surface area contributed by atoms with E-state index in [4.69, 9.17) is 9.47 Å². The smallest absolute Gasteiger partial charge is 0.218 e. The van der Waals surface area contributed by atoms with Crippen LogP contribution in [-0.2, 0) is 19.1 Å². The summed E-state index contributed by atoms with van der Waals surface area (Å²) < 4.78 is 10.6. The standard InChI is InChI=1S/C10H20N2O4/c1-5-15-9(11-7(3)13)10(16-6-2)12-8(4)14/h9-10H,5-6H2,1-4H3,(H,11,13)(H,12,14)/t9-,10-/m1/s1. The first-order valence-electron chi connectivity index (χ1n) is 5.28. The van der Waals surface area contributed by atoms with Crippen molar-refractivity contribution >= 4 is 11.8 Å². The molecule has 0 aromatic carbocycles. The van der Waals surface area contributed by atoms with Gasteiger partial charge in [-0.2, -0.15) is 0 Å². The average molecular weight is 232 g/mol. The summed E-state index contributed by atoms with van der Waals surface area (Å²) in [6.07, 6.45) is -1.35. The minimum absolute atomic E-state index is 0.242. The summed E-state index contributed by atoms with van der Waals surface area (Å²) in [6.45, 7) is 7.17. The highest BCUT2D eigenvalue weighted by molar-refractivity contribution is 5.74. The molecule has 0 rings (SSSR count). The predicted molar refractivity (Wildman–Crippen MR) is 58.5 cm³/mol. The summed E-state index contributed by atoms with van der Waals surface area (Å²) in [7, 11) is 0. The molecule has 0 saturated carbocycles. The molecule has 0 aliphatic rings. The number of nitrogens with one attached hydrogen (secondary N) is 2. The minimum Gasteiger partial charge on any atom is -0.354 e. The van der Waals surface area contributed by atoms with Gasteiger partial charge < -0.3 is 20.1 Å². The second-order valence-electron chi connectivity index (χ2n) is 3.15. The minimum atomic E-state index is -0.675. The van der Waals surface area contributed by atoms with E-state index < -0.39 is 12.5 Å². The molecule has 0 bridgehead atoms. The third-order valence-electron chi connectivity index (χ3n) is 1.66. The SMILES string of the molecule is CCO[C@@H](NC(C)=O)[C@H](NC(C)=O)OCC. The quantitative estimate of drug-likeness (QED) is 0.605. The van der Waals surface area contributed by atoms with Crippen molar-refractivity contribution in [3.63, 3.8) is 0 Å².